The van der Waals surface area contributed by atoms with Gasteiger partial charge in [-0.05, 0) is 58.5 Å². The van der Waals surface area contributed by atoms with Crippen molar-refractivity contribution in [2.75, 3.05) is 19.6 Å². The van der Waals surface area contributed by atoms with Crippen LogP contribution in [0.1, 0.15) is 45.7 Å². The Morgan fingerprint density at radius 1 is 1.25 bits per heavy atom. The molecule has 1 saturated heterocycles. The van der Waals surface area contributed by atoms with E-state index in [0.717, 1.165) is 13.0 Å². The highest BCUT2D eigenvalue weighted by Crippen LogP contribution is 2.25. The van der Waals surface area contributed by atoms with Crippen molar-refractivity contribution in [2.45, 2.75) is 58.0 Å². The molecule has 3 nitrogen and oxygen atoms in total. The zero-order valence-electron chi connectivity index (χ0n) is 13.2. The molecule has 1 aliphatic heterocycles. The zero-order chi connectivity index (χ0) is 14.4. The summed E-state index contributed by atoms with van der Waals surface area (Å²) in [7, 11) is 0. The topological polar surface area (TPSA) is 28.2 Å². The second kappa shape index (κ2) is 7.19. The third-order valence-corrected chi connectivity index (χ3v) is 4.61. The van der Waals surface area contributed by atoms with Gasteiger partial charge in [-0.2, -0.15) is 0 Å². The number of nitrogens with zero attached hydrogens (tertiary/aromatic N) is 2. The smallest absolute Gasteiger partial charge is 0.0419 e. The lowest BCUT2D eigenvalue weighted by molar-refractivity contribution is 0.0613. The number of pyridine rings is 1. The van der Waals surface area contributed by atoms with Crippen molar-refractivity contribution in [3.8, 4) is 0 Å². The van der Waals surface area contributed by atoms with Crippen LogP contribution in [0.4, 0.5) is 0 Å². The number of piperidine rings is 1. The van der Waals surface area contributed by atoms with Gasteiger partial charge in [0.2, 0.25) is 0 Å². The van der Waals surface area contributed by atoms with Crippen LogP contribution in [0.2, 0.25) is 0 Å². The molecule has 2 heterocycles. The van der Waals surface area contributed by atoms with Crippen LogP contribution in [0, 0.1) is 0 Å². The van der Waals surface area contributed by atoms with E-state index in [2.05, 4.69) is 48.1 Å². The molecule has 1 aliphatic rings. The first-order valence-electron chi connectivity index (χ1n) is 8.03. The van der Waals surface area contributed by atoms with Crippen molar-refractivity contribution < 1.29 is 0 Å². The van der Waals surface area contributed by atoms with E-state index < -0.39 is 0 Å². The summed E-state index contributed by atoms with van der Waals surface area (Å²) >= 11 is 0. The van der Waals surface area contributed by atoms with Gasteiger partial charge in [0.25, 0.3) is 0 Å². The fourth-order valence-electron chi connectivity index (χ4n) is 3.24. The Balaban J connectivity index is 2.09. The van der Waals surface area contributed by atoms with Crippen LogP contribution in [0.25, 0.3) is 0 Å². The predicted octanol–water partition coefficient (Wildman–Crippen LogP) is 2.87. The van der Waals surface area contributed by atoms with Gasteiger partial charge in [0.05, 0.1) is 0 Å². The summed E-state index contributed by atoms with van der Waals surface area (Å²) in [6.45, 7) is 10.4. The van der Waals surface area contributed by atoms with E-state index in [1.54, 1.807) is 0 Å². The molecule has 0 amide bonds. The summed E-state index contributed by atoms with van der Waals surface area (Å²) in [5.41, 5.74) is 1.36. The Morgan fingerprint density at radius 2 is 2.00 bits per heavy atom. The van der Waals surface area contributed by atoms with Crippen molar-refractivity contribution in [2.24, 2.45) is 0 Å². The van der Waals surface area contributed by atoms with Crippen LogP contribution < -0.4 is 5.32 Å². The minimum Gasteiger partial charge on any atom is -0.312 e. The molecule has 0 spiro atoms. The Bertz CT molecular complexity index is 382. The van der Waals surface area contributed by atoms with Crippen LogP contribution in [-0.4, -0.2) is 41.1 Å². The van der Waals surface area contributed by atoms with Crippen LogP contribution in [0.15, 0.2) is 24.4 Å². The maximum Gasteiger partial charge on any atom is 0.0419 e. The first-order valence-corrected chi connectivity index (χ1v) is 8.03. The molecule has 1 fully saturated rings. The van der Waals surface area contributed by atoms with Crippen LogP contribution >= 0.6 is 0 Å². The second-order valence-electron chi connectivity index (χ2n) is 6.34. The summed E-state index contributed by atoms with van der Waals surface area (Å²) in [5, 5.41) is 3.69. The zero-order valence-corrected chi connectivity index (χ0v) is 13.2. The Morgan fingerprint density at radius 3 is 2.60 bits per heavy atom. The molecule has 0 aromatic carbocycles. The number of nitrogens with one attached hydrogen (secondary N) is 1. The van der Waals surface area contributed by atoms with Gasteiger partial charge in [-0.1, -0.05) is 19.4 Å². The molecule has 1 N–H and O–H groups in total. The number of aromatic nitrogens is 1. The highest BCUT2D eigenvalue weighted by Gasteiger charge is 2.35. The van der Waals surface area contributed by atoms with E-state index in [1.165, 1.54) is 38.0 Å². The van der Waals surface area contributed by atoms with E-state index in [9.17, 15) is 0 Å². The van der Waals surface area contributed by atoms with Crippen molar-refractivity contribution in [3.63, 3.8) is 0 Å². The van der Waals surface area contributed by atoms with Gasteiger partial charge >= 0.3 is 0 Å². The fraction of sp³-hybridized carbons (Fsp3) is 0.706. The summed E-state index contributed by atoms with van der Waals surface area (Å²) in [5.74, 6) is 0. The van der Waals surface area contributed by atoms with E-state index in [-0.39, 0.29) is 5.54 Å². The van der Waals surface area contributed by atoms with E-state index in [0.29, 0.717) is 6.04 Å². The lowest BCUT2D eigenvalue weighted by Crippen LogP contribution is -2.59. The van der Waals surface area contributed by atoms with Crippen LogP contribution in [0.3, 0.4) is 0 Å². The van der Waals surface area contributed by atoms with Gasteiger partial charge in [-0.3, -0.25) is 9.88 Å². The molecule has 1 aromatic rings. The third kappa shape index (κ3) is 3.80. The molecule has 20 heavy (non-hydrogen) atoms. The molecular formula is C17H29N3. The summed E-state index contributed by atoms with van der Waals surface area (Å²) in [6, 6.07) is 6.65. The molecule has 0 aliphatic carbocycles. The van der Waals surface area contributed by atoms with Gasteiger partial charge < -0.3 is 5.32 Å². The number of hydrogen-bond acceptors (Lipinski definition) is 3. The quantitative estimate of drug-likeness (QED) is 0.865. The van der Waals surface area contributed by atoms with Crippen molar-refractivity contribution in [1.29, 1.82) is 0 Å². The summed E-state index contributed by atoms with van der Waals surface area (Å²) in [6.07, 6.45) is 6.96. The first-order chi connectivity index (χ1) is 9.64. The average molecular weight is 275 g/mol. The minimum atomic E-state index is 0.175. The first kappa shape index (κ1) is 15.5. The second-order valence-corrected chi connectivity index (χ2v) is 6.34. The van der Waals surface area contributed by atoms with Gasteiger partial charge in [-0.25, -0.2) is 0 Å². The maximum absolute atomic E-state index is 4.50. The Labute approximate surface area is 123 Å². The standard InChI is InChI=1S/C17H29N3/c1-4-18-16(14-15-10-6-7-11-19-15)17(2,3)20-12-8-5-9-13-20/h6-7,10-11,16,18H,4-5,8-9,12-14H2,1-3H3. The molecule has 0 bridgehead atoms. The number of likely N-dealkylation sites (N-methyl/N-ethyl adjacent to an activating group) is 1. The largest absolute Gasteiger partial charge is 0.312 e. The van der Waals surface area contributed by atoms with Crippen LogP contribution in [-0.2, 0) is 6.42 Å². The lowest BCUT2D eigenvalue weighted by atomic mass is 9.87. The minimum absolute atomic E-state index is 0.175. The monoisotopic (exact) mass is 275 g/mol. The molecule has 0 saturated carbocycles. The third-order valence-electron chi connectivity index (χ3n) is 4.61. The number of likely N-dealkylation sites (tertiary alicyclic amines) is 1. The van der Waals surface area contributed by atoms with Gasteiger partial charge in [0.1, 0.15) is 0 Å². The normalized spacial score (nSPS) is 18.9. The molecular weight excluding hydrogens is 246 g/mol. The van der Waals surface area contributed by atoms with Gasteiger partial charge in [0.15, 0.2) is 0 Å². The molecule has 1 unspecified atom stereocenters. The SMILES string of the molecule is CCNC(Cc1ccccn1)C(C)(C)N1CCCCC1. The fourth-order valence-corrected chi connectivity index (χ4v) is 3.24. The van der Waals surface area contributed by atoms with Gasteiger partial charge in [0, 0.05) is 29.9 Å². The van der Waals surface area contributed by atoms with Crippen molar-refractivity contribution >= 4 is 0 Å². The van der Waals surface area contributed by atoms with Crippen LogP contribution in [0.5, 0.6) is 0 Å². The van der Waals surface area contributed by atoms with Gasteiger partial charge in [-0.15, -0.1) is 0 Å². The lowest BCUT2D eigenvalue weighted by Gasteiger charge is -2.46. The predicted molar refractivity (Wildman–Crippen MR) is 84.9 cm³/mol. The van der Waals surface area contributed by atoms with Crippen molar-refractivity contribution in [1.82, 2.24) is 15.2 Å². The maximum atomic E-state index is 4.50. The summed E-state index contributed by atoms with van der Waals surface area (Å²) < 4.78 is 0. The molecule has 0 radical (unpaired) electrons. The average Bonchev–Trinajstić information content (AvgIpc) is 2.49. The van der Waals surface area contributed by atoms with E-state index >= 15 is 0 Å². The van der Waals surface area contributed by atoms with E-state index in [1.807, 2.05) is 12.3 Å². The van der Waals surface area contributed by atoms with Crippen molar-refractivity contribution in [3.05, 3.63) is 30.1 Å². The van der Waals surface area contributed by atoms with E-state index in [4.69, 9.17) is 0 Å². The number of rotatable bonds is 6. The summed E-state index contributed by atoms with van der Waals surface area (Å²) in [4.78, 5) is 7.16. The Kier molecular flexibility index (Phi) is 5.55. The molecule has 112 valence electrons. The molecule has 2 rings (SSSR count). The highest BCUT2D eigenvalue weighted by atomic mass is 15.2. The molecule has 3 heteroatoms. The number of hydrogen-bond donors (Lipinski definition) is 1. The highest BCUT2D eigenvalue weighted by molar-refractivity contribution is 5.08. The Hall–Kier alpha value is -0.930. The molecule has 1 aromatic heterocycles. The molecule has 1 atom stereocenters.